The van der Waals surface area contributed by atoms with E-state index in [-0.39, 0.29) is 16.8 Å². The zero-order valence-electron chi connectivity index (χ0n) is 11.1. The Labute approximate surface area is 126 Å². The number of para-hydroxylation sites is 2. The van der Waals surface area contributed by atoms with Crippen LogP contribution >= 0.6 is 11.6 Å². The van der Waals surface area contributed by atoms with Crippen molar-refractivity contribution in [2.75, 3.05) is 11.9 Å². The number of nitro benzene ring substituents is 1. The number of ether oxygens (including phenoxy) is 1. The molecule has 5 nitrogen and oxygen atoms in total. The predicted molar refractivity (Wildman–Crippen MR) is 81.2 cm³/mol. The first-order valence-corrected chi connectivity index (χ1v) is 6.94. The molecule has 1 N–H and O–H groups in total. The van der Waals surface area contributed by atoms with Gasteiger partial charge in [-0.2, -0.15) is 0 Å². The van der Waals surface area contributed by atoms with Crippen LogP contribution in [0.5, 0.6) is 5.75 Å². The number of hydrogen-bond acceptors (Lipinski definition) is 4. The van der Waals surface area contributed by atoms with Crippen molar-refractivity contribution in [1.82, 2.24) is 0 Å². The third-order valence-electron chi connectivity index (χ3n) is 3.40. The maximum absolute atomic E-state index is 11.1. The molecule has 1 unspecified atom stereocenters. The molecule has 6 heteroatoms. The molecular formula is C15H13ClN2O3. The highest BCUT2D eigenvalue weighted by Crippen LogP contribution is 2.33. The smallest absolute Gasteiger partial charge is 0.310 e. The van der Waals surface area contributed by atoms with E-state index in [4.69, 9.17) is 16.3 Å². The lowest BCUT2D eigenvalue weighted by molar-refractivity contribution is -0.383. The van der Waals surface area contributed by atoms with E-state index in [0.29, 0.717) is 12.2 Å². The molecule has 108 valence electrons. The summed E-state index contributed by atoms with van der Waals surface area (Å²) in [4.78, 5) is 10.6. The zero-order valence-corrected chi connectivity index (χ0v) is 11.8. The van der Waals surface area contributed by atoms with Gasteiger partial charge in [0.05, 0.1) is 11.5 Å². The maximum atomic E-state index is 11.1. The molecule has 2 aromatic carbocycles. The SMILES string of the molecule is O=[N+]([O-])c1c(Cl)cccc1NCC1Cc2ccccc2O1. The minimum atomic E-state index is -0.477. The summed E-state index contributed by atoms with van der Waals surface area (Å²) >= 11 is 5.88. The van der Waals surface area contributed by atoms with Crippen LogP contribution in [0.1, 0.15) is 5.56 Å². The van der Waals surface area contributed by atoms with Crippen molar-refractivity contribution in [3.8, 4) is 5.75 Å². The Morgan fingerprint density at radius 1 is 1.29 bits per heavy atom. The molecule has 0 fully saturated rings. The monoisotopic (exact) mass is 304 g/mol. The van der Waals surface area contributed by atoms with Crippen LogP contribution in [-0.2, 0) is 6.42 Å². The number of rotatable bonds is 4. The summed E-state index contributed by atoms with van der Waals surface area (Å²) in [6.07, 6.45) is 0.748. The fourth-order valence-corrected chi connectivity index (χ4v) is 2.68. The number of halogens is 1. The number of nitrogens with zero attached hydrogens (tertiary/aromatic N) is 1. The molecule has 0 aliphatic carbocycles. The van der Waals surface area contributed by atoms with Crippen molar-refractivity contribution in [2.45, 2.75) is 12.5 Å². The van der Waals surface area contributed by atoms with Crippen LogP contribution in [0.15, 0.2) is 42.5 Å². The summed E-state index contributed by atoms with van der Waals surface area (Å²) in [7, 11) is 0. The molecule has 0 aromatic heterocycles. The van der Waals surface area contributed by atoms with Gasteiger partial charge in [0, 0.05) is 6.42 Å². The van der Waals surface area contributed by atoms with Crippen LogP contribution in [0.25, 0.3) is 0 Å². The van der Waals surface area contributed by atoms with E-state index in [9.17, 15) is 10.1 Å². The van der Waals surface area contributed by atoms with Gasteiger partial charge in [0.15, 0.2) is 0 Å². The standard InChI is InChI=1S/C15H13ClN2O3/c16-12-5-3-6-13(15(12)18(19)20)17-9-11-8-10-4-1-2-7-14(10)21-11/h1-7,11,17H,8-9H2. The van der Waals surface area contributed by atoms with Gasteiger partial charge in [-0.1, -0.05) is 35.9 Å². The van der Waals surface area contributed by atoms with Crippen LogP contribution in [0.2, 0.25) is 5.02 Å². The Kier molecular flexibility index (Phi) is 3.66. The molecule has 0 spiro atoms. The van der Waals surface area contributed by atoms with E-state index in [2.05, 4.69) is 5.32 Å². The van der Waals surface area contributed by atoms with E-state index in [1.165, 1.54) is 6.07 Å². The third-order valence-corrected chi connectivity index (χ3v) is 3.71. The second-order valence-corrected chi connectivity index (χ2v) is 5.23. The van der Waals surface area contributed by atoms with Gasteiger partial charge in [-0.25, -0.2) is 0 Å². The third kappa shape index (κ3) is 2.78. The highest BCUT2D eigenvalue weighted by atomic mass is 35.5. The highest BCUT2D eigenvalue weighted by molar-refractivity contribution is 6.33. The molecule has 0 radical (unpaired) electrons. The van der Waals surface area contributed by atoms with Crippen LogP contribution < -0.4 is 10.1 Å². The van der Waals surface area contributed by atoms with Gasteiger partial charge in [0.25, 0.3) is 0 Å². The van der Waals surface area contributed by atoms with E-state index in [1.54, 1.807) is 12.1 Å². The average Bonchev–Trinajstić information content (AvgIpc) is 2.87. The number of benzene rings is 2. The first kappa shape index (κ1) is 13.7. The summed E-state index contributed by atoms with van der Waals surface area (Å²) < 4.78 is 5.79. The van der Waals surface area contributed by atoms with Crippen molar-refractivity contribution in [1.29, 1.82) is 0 Å². The molecule has 21 heavy (non-hydrogen) atoms. The summed E-state index contributed by atoms with van der Waals surface area (Å²) in [6, 6.07) is 12.7. The Hall–Kier alpha value is -2.27. The molecular weight excluding hydrogens is 292 g/mol. The normalized spacial score (nSPS) is 16.1. The van der Waals surface area contributed by atoms with E-state index in [1.807, 2.05) is 24.3 Å². The topological polar surface area (TPSA) is 64.4 Å². The van der Waals surface area contributed by atoms with Gasteiger partial charge < -0.3 is 10.1 Å². The van der Waals surface area contributed by atoms with Crippen molar-refractivity contribution in [2.24, 2.45) is 0 Å². The first-order valence-electron chi connectivity index (χ1n) is 6.56. The zero-order chi connectivity index (χ0) is 14.8. The van der Waals surface area contributed by atoms with Gasteiger partial charge >= 0.3 is 5.69 Å². The van der Waals surface area contributed by atoms with Gasteiger partial charge in [-0.15, -0.1) is 0 Å². The van der Waals surface area contributed by atoms with E-state index >= 15 is 0 Å². The van der Waals surface area contributed by atoms with Crippen LogP contribution in [0.4, 0.5) is 11.4 Å². The molecule has 0 bridgehead atoms. The Bertz CT molecular complexity index is 665. The lowest BCUT2D eigenvalue weighted by Gasteiger charge is -2.13. The highest BCUT2D eigenvalue weighted by Gasteiger charge is 2.24. The van der Waals surface area contributed by atoms with Crippen LogP contribution in [0.3, 0.4) is 0 Å². The largest absolute Gasteiger partial charge is 0.488 e. The van der Waals surface area contributed by atoms with Crippen molar-refractivity contribution in [3.05, 3.63) is 63.2 Å². The summed E-state index contributed by atoms with van der Waals surface area (Å²) in [5.74, 6) is 0.880. The van der Waals surface area contributed by atoms with Crippen molar-refractivity contribution in [3.63, 3.8) is 0 Å². The quantitative estimate of drug-likeness (QED) is 0.691. The molecule has 0 saturated carbocycles. The van der Waals surface area contributed by atoms with Crippen LogP contribution in [-0.4, -0.2) is 17.6 Å². The van der Waals surface area contributed by atoms with Gasteiger partial charge in [-0.05, 0) is 23.8 Å². The fraction of sp³-hybridized carbons (Fsp3) is 0.200. The number of anilines is 1. The number of nitro groups is 1. The van der Waals surface area contributed by atoms with Gasteiger partial charge in [0.2, 0.25) is 0 Å². The summed E-state index contributed by atoms with van der Waals surface area (Å²) in [5.41, 5.74) is 1.46. The average molecular weight is 305 g/mol. The fourth-order valence-electron chi connectivity index (χ4n) is 2.44. The van der Waals surface area contributed by atoms with E-state index in [0.717, 1.165) is 17.7 Å². The minimum Gasteiger partial charge on any atom is -0.488 e. The molecule has 3 rings (SSSR count). The predicted octanol–water partition coefficient (Wildman–Crippen LogP) is 3.66. The molecule has 2 aromatic rings. The van der Waals surface area contributed by atoms with Crippen molar-refractivity contribution < 1.29 is 9.66 Å². The molecule has 0 amide bonds. The number of fused-ring (bicyclic) bond motifs is 1. The Morgan fingerprint density at radius 3 is 2.86 bits per heavy atom. The molecule has 0 saturated heterocycles. The molecule has 1 heterocycles. The second-order valence-electron chi connectivity index (χ2n) is 4.83. The molecule has 1 atom stereocenters. The molecule has 1 aliphatic heterocycles. The Balaban J connectivity index is 1.70. The van der Waals surface area contributed by atoms with E-state index < -0.39 is 4.92 Å². The molecule has 1 aliphatic rings. The summed E-state index contributed by atoms with van der Waals surface area (Å²) in [6.45, 7) is 0.482. The maximum Gasteiger partial charge on any atom is 0.310 e. The lowest BCUT2D eigenvalue weighted by Crippen LogP contribution is -2.24. The van der Waals surface area contributed by atoms with Gasteiger partial charge in [0.1, 0.15) is 22.6 Å². The second kappa shape index (κ2) is 5.61. The Morgan fingerprint density at radius 2 is 2.10 bits per heavy atom. The first-order chi connectivity index (χ1) is 10.1. The minimum absolute atomic E-state index is 0.0408. The number of nitrogens with one attached hydrogen (secondary N) is 1. The summed E-state index contributed by atoms with van der Waals surface area (Å²) in [5, 5.41) is 14.3. The van der Waals surface area contributed by atoms with Crippen LogP contribution in [0, 0.1) is 10.1 Å². The lowest BCUT2D eigenvalue weighted by atomic mass is 10.1. The van der Waals surface area contributed by atoms with Gasteiger partial charge in [-0.3, -0.25) is 10.1 Å². The number of hydrogen-bond donors (Lipinski definition) is 1. The van der Waals surface area contributed by atoms with Crippen molar-refractivity contribution >= 4 is 23.0 Å².